The number of ether oxygens (including phenoxy) is 1. The lowest BCUT2D eigenvalue weighted by Gasteiger charge is -2.14. The van der Waals surface area contributed by atoms with Crippen LogP contribution in [0.15, 0.2) is 27.5 Å². The predicted molar refractivity (Wildman–Crippen MR) is 68.8 cm³/mol. The highest BCUT2D eigenvalue weighted by Crippen LogP contribution is 2.18. The molecule has 0 saturated heterocycles. The molecule has 0 N–H and O–H groups in total. The van der Waals surface area contributed by atoms with Crippen molar-refractivity contribution in [2.24, 2.45) is 0 Å². The van der Waals surface area contributed by atoms with Gasteiger partial charge in [-0.1, -0.05) is 13.8 Å². The van der Waals surface area contributed by atoms with E-state index in [4.69, 9.17) is 9.15 Å². The molecule has 0 saturated carbocycles. The lowest BCUT2D eigenvalue weighted by molar-refractivity contribution is -0.147. The van der Waals surface area contributed by atoms with Gasteiger partial charge in [-0.25, -0.2) is 19.1 Å². The van der Waals surface area contributed by atoms with E-state index in [-0.39, 0.29) is 0 Å². The van der Waals surface area contributed by atoms with Gasteiger partial charge in [-0.15, -0.1) is 0 Å². The van der Waals surface area contributed by atoms with Crippen LogP contribution in [0.25, 0.3) is 11.2 Å². The molecule has 0 spiro atoms. The van der Waals surface area contributed by atoms with Crippen molar-refractivity contribution in [1.29, 1.82) is 0 Å². The maximum absolute atomic E-state index is 12.0. The summed E-state index contributed by atoms with van der Waals surface area (Å²) in [7, 11) is 0. The van der Waals surface area contributed by atoms with Gasteiger partial charge in [-0.2, -0.15) is 0 Å². The summed E-state index contributed by atoms with van der Waals surface area (Å²) in [5, 5.41) is 0. The molecule has 2 rings (SSSR count). The van der Waals surface area contributed by atoms with Gasteiger partial charge in [0.15, 0.2) is 11.2 Å². The molecule has 0 fully saturated rings. The van der Waals surface area contributed by atoms with Crippen molar-refractivity contribution in [3.8, 4) is 0 Å². The Morgan fingerprint density at radius 1 is 1.53 bits per heavy atom. The SMILES string of the molecule is CCCOC(=O)C(CC)n1c(=O)oc2cccnc21. The molecule has 1 unspecified atom stereocenters. The Bertz CT molecular complexity index is 629. The number of pyridine rings is 1. The Balaban J connectivity index is 2.43. The van der Waals surface area contributed by atoms with E-state index in [1.165, 1.54) is 4.57 Å². The summed E-state index contributed by atoms with van der Waals surface area (Å²) in [4.78, 5) is 27.9. The summed E-state index contributed by atoms with van der Waals surface area (Å²) in [5.41, 5.74) is 0.738. The van der Waals surface area contributed by atoms with Crippen LogP contribution < -0.4 is 5.76 Å². The fourth-order valence-corrected chi connectivity index (χ4v) is 1.90. The average Bonchev–Trinajstić information content (AvgIpc) is 2.74. The first-order valence-electron chi connectivity index (χ1n) is 6.31. The normalized spacial score (nSPS) is 12.5. The summed E-state index contributed by atoms with van der Waals surface area (Å²) in [5.74, 6) is -1.02. The quantitative estimate of drug-likeness (QED) is 0.771. The van der Waals surface area contributed by atoms with E-state index in [0.29, 0.717) is 24.3 Å². The van der Waals surface area contributed by atoms with Gasteiger partial charge in [0.05, 0.1) is 6.61 Å². The van der Waals surface area contributed by atoms with Gasteiger partial charge in [-0.05, 0) is 25.0 Å². The number of oxazole rings is 1. The molecular weight excluding hydrogens is 248 g/mol. The fourth-order valence-electron chi connectivity index (χ4n) is 1.90. The van der Waals surface area contributed by atoms with Crippen LogP contribution in [0.5, 0.6) is 0 Å². The van der Waals surface area contributed by atoms with Crippen molar-refractivity contribution in [3.63, 3.8) is 0 Å². The van der Waals surface area contributed by atoms with Crippen LogP contribution in [0.3, 0.4) is 0 Å². The first-order chi connectivity index (χ1) is 9.19. The maximum atomic E-state index is 12.0. The van der Waals surface area contributed by atoms with E-state index in [1.807, 2.05) is 13.8 Å². The molecule has 1 atom stereocenters. The molecule has 0 radical (unpaired) electrons. The number of nitrogens with zero attached hydrogens (tertiary/aromatic N) is 2. The van der Waals surface area contributed by atoms with Gasteiger partial charge in [0.1, 0.15) is 6.04 Å². The highest BCUT2D eigenvalue weighted by atomic mass is 16.5. The van der Waals surface area contributed by atoms with Crippen molar-refractivity contribution in [3.05, 3.63) is 28.9 Å². The molecule has 102 valence electrons. The van der Waals surface area contributed by atoms with E-state index in [1.54, 1.807) is 18.3 Å². The Morgan fingerprint density at radius 3 is 3.00 bits per heavy atom. The Kier molecular flexibility index (Phi) is 3.99. The first kappa shape index (κ1) is 13.3. The van der Waals surface area contributed by atoms with Crippen LogP contribution in [0.4, 0.5) is 0 Å². The minimum Gasteiger partial charge on any atom is -0.464 e. The molecule has 0 aliphatic rings. The van der Waals surface area contributed by atoms with E-state index in [9.17, 15) is 9.59 Å². The highest BCUT2D eigenvalue weighted by Gasteiger charge is 2.25. The molecule has 0 aliphatic heterocycles. The van der Waals surface area contributed by atoms with Gasteiger partial charge in [0.2, 0.25) is 0 Å². The van der Waals surface area contributed by atoms with Crippen LogP contribution in [-0.4, -0.2) is 22.1 Å². The second-order valence-electron chi connectivity index (χ2n) is 4.15. The van der Waals surface area contributed by atoms with Gasteiger partial charge in [0.25, 0.3) is 0 Å². The number of fused-ring (bicyclic) bond motifs is 1. The number of esters is 1. The van der Waals surface area contributed by atoms with E-state index < -0.39 is 17.8 Å². The van der Waals surface area contributed by atoms with Crippen LogP contribution in [0, 0.1) is 0 Å². The zero-order valence-electron chi connectivity index (χ0n) is 11.0. The predicted octanol–water partition coefficient (Wildman–Crippen LogP) is 1.89. The average molecular weight is 264 g/mol. The minimum absolute atomic E-state index is 0.341. The summed E-state index contributed by atoms with van der Waals surface area (Å²) >= 11 is 0. The third-order valence-electron chi connectivity index (χ3n) is 2.79. The smallest absolute Gasteiger partial charge is 0.422 e. The standard InChI is InChI=1S/C13H16N2O4/c1-3-8-18-12(16)9(4-2)15-11-10(19-13(15)17)6-5-7-14-11/h5-7,9H,3-4,8H2,1-2H3. The summed E-state index contributed by atoms with van der Waals surface area (Å²) in [6.45, 7) is 4.06. The second kappa shape index (κ2) is 5.69. The van der Waals surface area contributed by atoms with Crippen molar-refractivity contribution in [2.45, 2.75) is 32.7 Å². The molecule has 6 nitrogen and oxygen atoms in total. The Labute approximate surface area is 110 Å². The Hall–Kier alpha value is -2.11. The fraction of sp³-hybridized carbons (Fsp3) is 0.462. The summed E-state index contributed by atoms with van der Waals surface area (Å²) in [6, 6.07) is 2.62. The maximum Gasteiger partial charge on any atom is 0.422 e. The molecule has 2 aromatic rings. The molecule has 0 aromatic carbocycles. The topological polar surface area (TPSA) is 74.3 Å². The largest absolute Gasteiger partial charge is 0.464 e. The van der Waals surface area contributed by atoms with Crippen LogP contribution in [-0.2, 0) is 9.53 Å². The van der Waals surface area contributed by atoms with Crippen LogP contribution in [0.1, 0.15) is 32.7 Å². The lowest BCUT2D eigenvalue weighted by Crippen LogP contribution is -2.28. The molecule has 0 amide bonds. The molecule has 0 bridgehead atoms. The van der Waals surface area contributed by atoms with E-state index in [2.05, 4.69) is 4.98 Å². The van der Waals surface area contributed by atoms with Crippen molar-refractivity contribution in [2.75, 3.05) is 6.61 Å². The molecule has 6 heteroatoms. The van der Waals surface area contributed by atoms with Crippen molar-refractivity contribution >= 4 is 17.2 Å². The zero-order chi connectivity index (χ0) is 13.8. The number of rotatable bonds is 5. The lowest BCUT2D eigenvalue weighted by atomic mass is 10.2. The molecular formula is C13H16N2O4. The first-order valence-corrected chi connectivity index (χ1v) is 6.31. The number of carbonyl (C=O) groups is 1. The van der Waals surface area contributed by atoms with Gasteiger partial charge >= 0.3 is 11.7 Å². The number of carbonyl (C=O) groups excluding carboxylic acids is 1. The van der Waals surface area contributed by atoms with Gasteiger partial charge in [0, 0.05) is 6.20 Å². The monoisotopic (exact) mass is 264 g/mol. The molecule has 2 aromatic heterocycles. The van der Waals surface area contributed by atoms with Crippen molar-refractivity contribution in [1.82, 2.24) is 9.55 Å². The highest BCUT2D eigenvalue weighted by molar-refractivity contribution is 5.77. The zero-order valence-corrected chi connectivity index (χ0v) is 11.0. The number of hydrogen-bond acceptors (Lipinski definition) is 5. The van der Waals surface area contributed by atoms with Crippen LogP contribution in [0.2, 0.25) is 0 Å². The minimum atomic E-state index is -0.699. The number of aromatic nitrogens is 2. The Morgan fingerprint density at radius 2 is 2.32 bits per heavy atom. The third kappa shape index (κ3) is 2.52. The number of hydrogen-bond donors (Lipinski definition) is 0. The molecule has 19 heavy (non-hydrogen) atoms. The van der Waals surface area contributed by atoms with Crippen LogP contribution >= 0.6 is 0 Å². The summed E-state index contributed by atoms with van der Waals surface area (Å²) < 4.78 is 11.4. The van der Waals surface area contributed by atoms with Gasteiger partial charge in [-0.3, -0.25) is 0 Å². The van der Waals surface area contributed by atoms with Gasteiger partial charge < -0.3 is 9.15 Å². The third-order valence-corrected chi connectivity index (χ3v) is 2.79. The summed E-state index contributed by atoms with van der Waals surface area (Å²) in [6.07, 6.45) is 2.73. The molecule has 0 aliphatic carbocycles. The second-order valence-corrected chi connectivity index (χ2v) is 4.15. The van der Waals surface area contributed by atoms with Crippen molar-refractivity contribution < 1.29 is 13.9 Å². The van der Waals surface area contributed by atoms with E-state index >= 15 is 0 Å². The molecule has 2 heterocycles. The van der Waals surface area contributed by atoms with E-state index in [0.717, 1.165) is 6.42 Å².